The number of nitrogen functional groups attached to an aromatic ring is 1. The van der Waals surface area contributed by atoms with Crippen molar-refractivity contribution in [2.75, 3.05) is 5.73 Å². The highest BCUT2D eigenvalue weighted by Crippen LogP contribution is 2.29. The zero-order valence-electron chi connectivity index (χ0n) is 11.2. The van der Waals surface area contributed by atoms with Crippen molar-refractivity contribution in [1.82, 2.24) is 19.6 Å². The maximum Gasteiger partial charge on any atom is 0.119 e. The first kappa shape index (κ1) is 12.9. The van der Waals surface area contributed by atoms with Gasteiger partial charge in [-0.2, -0.15) is 10.2 Å². The van der Waals surface area contributed by atoms with Crippen LogP contribution in [0.3, 0.4) is 0 Å². The highest BCUT2D eigenvalue weighted by atomic mass is 79.9. The van der Waals surface area contributed by atoms with Crippen LogP contribution in [-0.2, 0) is 7.05 Å². The molecule has 3 rings (SSSR count). The van der Waals surface area contributed by atoms with Gasteiger partial charge in [0.1, 0.15) is 5.69 Å². The number of hydrogen-bond donors (Lipinski definition) is 1. The van der Waals surface area contributed by atoms with Gasteiger partial charge in [-0.25, -0.2) is 4.68 Å². The molecule has 0 atom stereocenters. The third-order valence-electron chi connectivity index (χ3n) is 3.11. The Morgan fingerprint density at radius 1 is 1.15 bits per heavy atom. The second-order valence-electron chi connectivity index (χ2n) is 4.63. The van der Waals surface area contributed by atoms with E-state index in [2.05, 4.69) is 26.1 Å². The third kappa shape index (κ3) is 2.12. The Labute approximate surface area is 125 Å². The molecule has 0 bridgehead atoms. The second-order valence-corrected chi connectivity index (χ2v) is 5.49. The molecule has 0 radical (unpaired) electrons. The van der Waals surface area contributed by atoms with Gasteiger partial charge in [-0.1, -0.05) is 12.1 Å². The SMILES string of the molecule is Cc1nn(C)cc1-c1nn(-c2ccccc2Br)cc1N. The number of para-hydroxylation sites is 1. The van der Waals surface area contributed by atoms with Gasteiger partial charge >= 0.3 is 0 Å². The number of nitrogens with two attached hydrogens (primary N) is 1. The molecule has 2 aromatic heterocycles. The Morgan fingerprint density at radius 2 is 1.90 bits per heavy atom. The summed E-state index contributed by atoms with van der Waals surface area (Å²) in [5.74, 6) is 0. The van der Waals surface area contributed by atoms with E-state index in [-0.39, 0.29) is 0 Å². The molecule has 0 amide bonds. The fourth-order valence-corrected chi connectivity index (χ4v) is 2.66. The minimum atomic E-state index is 0.636. The monoisotopic (exact) mass is 331 g/mol. The molecule has 5 nitrogen and oxygen atoms in total. The maximum atomic E-state index is 6.10. The maximum absolute atomic E-state index is 6.10. The van der Waals surface area contributed by atoms with Gasteiger partial charge in [0.15, 0.2) is 0 Å². The summed E-state index contributed by atoms with van der Waals surface area (Å²) in [7, 11) is 1.89. The molecule has 0 saturated carbocycles. The van der Waals surface area contributed by atoms with Crippen molar-refractivity contribution in [3.63, 3.8) is 0 Å². The zero-order chi connectivity index (χ0) is 14.3. The van der Waals surface area contributed by atoms with Crippen LogP contribution in [0.5, 0.6) is 0 Å². The molecule has 0 aliphatic carbocycles. The molecule has 0 aliphatic heterocycles. The molecule has 0 saturated heterocycles. The van der Waals surface area contributed by atoms with Crippen LogP contribution in [-0.4, -0.2) is 19.6 Å². The van der Waals surface area contributed by atoms with E-state index in [0.29, 0.717) is 5.69 Å². The van der Waals surface area contributed by atoms with E-state index in [4.69, 9.17) is 5.73 Å². The van der Waals surface area contributed by atoms with Crippen molar-refractivity contribution >= 4 is 21.6 Å². The molecule has 3 aromatic rings. The third-order valence-corrected chi connectivity index (χ3v) is 3.78. The molecular weight excluding hydrogens is 318 g/mol. The number of rotatable bonds is 2. The number of halogens is 1. The van der Waals surface area contributed by atoms with Crippen LogP contribution in [0.25, 0.3) is 16.9 Å². The summed E-state index contributed by atoms with van der Waals surface area (Å²) in [6, 6.07) is 7.89. The molecule has 0 fully saturated rings. The van der Waals surface area contributed by atoms with Crippen LogP contribution in [0.4, 0.5) is 5.69 Å². The Hall–Kier alpha value is -2.08. The van der Waals surface area contributed by atoms with Crippen LogP contribution in [0.15, 0.2) is 41.1 Å². The summed E-state index contributed by atoms with van der Waals surface area (Å²) in [4.78, 5) is 0. The Bertz CT molecular complexity index is 772. The number of aromatic nitrogens is 4. The van der Waals surface area contributed by atoms with Crippen LogP contribution in [0.1, 0.15) is 5.69 Å². The number of benzene rings is 1. The van der Waals surface area contributed by atoms with Gasteiger partial charge < -0.3 is 5.73 Å². The second kappa shape index (κ2) is 4.79. The molecular formula is C14H14BrN5. The minimum Gasteiger partial charge on any atom is -0.396 e. The summed E-state index contributed by atoms with van der Waals surface area (Å²) in [5.41, 5.74) is 10.3. The Balaban J connectivity index is 2.13. The lowest BCUT2D eigenvalue weighted by Gasteiger charge is -2.03. The molecule has 0 spiro atoms. The van der Waals surface area contributed by atoms with E-state index in [1.165, 1.54) is 0 Å². The summed E-state index contributed by atoms with van der Waals surface area (Å²) in [6.45, 7) is 1.95. The predicted molar refractivity (Wildman–Crippen MR) is 82.6 cm³/mol. The van der Waals surface area contributed by atoms with Gasteiger partial charge in [0.05, 0.1) is 23.3 Å². The normalized spacial score (nSPS) is 10.9. The van der Waals surface area contributed by atoms with Gasteiger partial charge in [0, 0.05) is 23.3 Å². The van der Waals surface area contributed by atoms with E-state index < -0.39 is 0 Å². The quantitative estimate of drug-likeness (QED) is 0.785. The lowest BCUT2D eigenvalue weighted by atomic mass is 10.2. The number of aryl methyl sites for hydroxylation is 2. The first-order valence-corrected chi connectivity index (χ1v) is 6.96. The first-order valence-electron chi connectivity index (χ1n) is 6.17. The molecule has 0 aliphatic rings. The van der Waals surface area contributed by atoms with E-state index >= 15 is 0 Å². The molecule has 20 heavy (non-hydrogen) atoms. The van der Waals surface area contributed by atoms with Crippen LogP contribution in [0.2, 0.25) is 0 Å². The molecule has 2 N–H and O–H groups in total. The highest BCUT2D eigenvalue weighted by molar-refractivity contribution is 9.10. The van der Waals surface area contributed by atoms with E-state index in [0.717, 1.165) is 27.1 Å². The number of anilines is 1. The standard InChI is InChI=1S/C14H14BrN5/c1-9-10(7-19(2)17-9)14-12(16)8-20(18-14)13-6-4-3-5-11(13)15/h3-8H,16H2,1-2H3. The van der Waals surface area contributed by atoms with Gasteiger partial charge in [-0.15, -0.1) is 0 Å². The summed E-state index contributed by atoms with van der Waals surface area (Å²) in [5, 5.41) is 8.92. The van der Waals surface area contributed by atoms with Gasteiger partial charge in [-0.05, 0) is 35.0 Å². The van der Waals surface area contributed by atoms with Crippen LogP contribution in [0, 0.1) is 6.92 Å². The predicted octanol–water partition coefficient (Wildman–Crippen LogP) is 2.93. The van der Waals surface area contributed by atoms with Gasteiger partial charge in [0.2, 0.25) is 0 Å². The zero-order valence-corrected chi connectivity index (χ0v) is 12.8. The summed E-state index contributed by atoms with van der Waals surface area (Å²) < 4.78 is 4.51. The number of nitrogens with zero attached hydrogens (tertiary/aromatic N) is 4. The lowest BCUT2D eigenvalue weighted by molar-refractivity contribution is 0.756. The van der Waals surface area contributed by atoms with Crippen molar-refractivity contribution in [2.24, 2.45) is 7.05 Å². The number of hydrogen-bond acceptors (Lipinski definition) is 3. The largest absolute Gasteiger partial charge is 0.396 e. The molecule has 0 unspecified atom stereocenters. The summed E-state index contributed by atoms with van der Waals surface area (Å²) in [6.07, 6.45) is 3.75. The van der Waals surface area contributed by atoms with Crippen molar-refractivity contribution < 1.29 is 0 Å². The summed E-state index contributed by atoms with van der Waals surface area (Å²) >= 11 is 3.52. The fourth-order valence-electron chi connectivity index (χ4n) is 2.19. The van der Waals surface area contributed by atoms with Crippen LogP contribution >= 0.6 is 15.9 Å². The smallest absolute Gasteiger partial charge is 0.119 e. The van der Waals surface area contributed by atoms with Crippen LogP contribution < -0.4 is 5.73 Å². The van der Waals surface area contributed by atoms with Gasteiger partial charge in [0.25, 0.3) is 0 Å². The van der Waals surface area contributed by atoms with Gasteiger partial charge in [-0.3, -0.25) is 4.68 Å². The Kier molecular flexibility index (Phi) is 3.10. The highest BCUT2D eigenvalue weighted by Gasteiger charge is 2.15. The van der Waals surface area contributed by atoms with E-state index in [1.807, 2.05) is 50.6 Å². The Morgan fingerprint density at radius 3 is 2.55 bits per heavy atom. The first-order chi connectivity index (χ1) is 9.56. The molecule has 102 valence electrons. The average molecular weight is 332 g/mol. The minimum absolute atomic E-state index is 0.636. The van der Waals surface area contributed by atoms with E-state index in [1.54, 1.807) is 9.36 Å². The van der Waals surface area contributed by atoms with Crippen molar-refractivity contribution in [2.45, 2.75) is 6.92 Å². The fraction of sp³-hybridized carbons (Fsp3) is 0.143. The van der Waals surface area contributed by atoms with Crippen molar-refractivity contribution in [1.29, 1.82) is 0 Å². The molecule has 2 heterocycles. The lowest BCUT2D eigenvalue weighted by Crippen LogP contribution is -1.95. The molecule has 6 heteroatoms. The van der Waals surface area contributed by atoms with Crippen molar-refractivity contribution in [3.8, 4) is 16.9 Å². The average Bonchev–Trinajstić information content (AvgIpc) is 2.92. The van der Waals surface area contributed by atoms with E-state index in [9.17, 15) is 0 Å². The topological polar surface area (TPSA) is 61.7 Å². The molecule has 1 aromatic carbocycles. The van der Waals surface area contributed by atoms with Crippen molar-refractivity contribution in [3.05, 3.63) is 46.8 Å².